The van der Waals surface area contributed by atoms with Gasteiger partial charge in [0, 0.05) is 18.3 Å². The molecule has 1 atom stereocenters. The van der Waals surface area contributed by atoms with Gasteiger partial charge in [-0.3, -0.25) is 0 Å². The summed E-state index contributed by atoms with van der Waals surface area (Å²) >= 11 is 5.81. The average Bonchev–Trinajstić information content (AvgIpc) is 2.81. The van der Waals surface area contributed by atoms with E-state index in [1.165, 1.54) is 0 Å². The average molecular weight is 328 g/mol. The van der Waals surface area contributed by atoms with E-state index < -0.39 is 5.60 Å². The molecule has 6 nitrogen and oxygen atoms in total. The Hall–Kier alpha value is -1.56. The van der Waals surface area contributed by atoms with E-state index in [0.717, 1.165) is 18.5 Å². The maximum atomic E-state index is 12.2. The Kier molecular flexibility index (Phi) is 5.11. The molecule has 7 heteroatoms. The lowest BCUT2D eigenvalue weighted by atomic mass is 10.2. The van der Waals surface area contributed by atoms with Gasteiger partial charge in [-0.25, -0.2) is 9.78 Å². The molecule has 1 aliphatic heterocycles. The van der Waals surface area contributed by atoms with E-state index in [0.29, 0.717) is 19.0 Å². The number of nitrogens with zero attached hydrogens (tertiary/aromatic N) is 3. The second-order valence-electron chi connectivity index (χ2n) is 6.40. The fraction of sp³-hybridized carbons (Fsp3) is 0.667. The van der Waals surface area contributed by atoms with Gasteiger partial charge in [-0.1, -0.05) is 0 Å². The molecule has 22 heavy (non-hydrogen) atoms. The molecule has 1 unspecified atom stereocenters. The lowest BCUT2D eigenvalue weighted by Gasteiger charge is -2.28. The highest BCUT2D eigenvalue weighted by Crippen LogP contribution is 2.22. The van der Waals surface area contributed by atoms with Crippen LogP contribution in [-0.4, -0.2) is 45.8 Å². The molecule has 1 aromatic heterocycles. The molecule has 1 aromatic rings. The predicted molar refractivity (Wildman–Crippen MR) is 83.2 cm³/mol. The van der Waals surface area contributed by atoms with Crippen LogP contribution >= 0.6 is 11.6 Å². The van der Waals surface area contributed by atoms with E-state index >= 15 is 0 Å². The molecular weight excluding hydrogens is 306 g/mol. The van der Waals surface area contributed by atoms with Crippen molar-refractivity contribution in [3.05, 3.63) is 17.0 Å². The van der Waals surface area contributed by atoms with Crippen molar-refractivity contribution in [1.82, 2.24) is 14.9 Å². The van der Waals surface area contributed by atoms with Crippen molar-refractivity contribution < 1.29 is 14.3 Å². The number of amides is 1. The maximum absolute atomic E-state index is 12.2. The van der Waals surface area contributed by atoms with Crippen molar-refractivity contribution in [2.45, 2.75) is 52.2 Å². The maximum Gasteiger partial charge on any atom is 0.410 e. The topological polar surface area (TPSA) is 64.5 Å². The molecule has 0 radical (unpaired) electrons. The van der Waals surface area contributed by atoms with Crippen LogP contribution in [-0.2, 0) is 4.74 Å². The number of rotatable bonds is 3. The van der Waals surface area contributed by atoms with Crippen LogP contribution in [0.2, 0.25) is 5.28 Å². The van der Waals surface area contributed by atoms with Crippen LogP contribution in [0.3, 0.4) is 0 Å². The second kappa shape index (κ2) is 6.69. The minimum absolute atomic E-state index is 0.0103. The Bertz CT molecular complexity index is 525. The van der Waals surface area contributed by atoms with Crippen LogP contribution in [0.1, 0.15) is 39.3 Å². The third kappa shape index (κ3) is 4.73. The van der Waals surface area contributed by atoms with Crippen LogP contribution in [0.15, 0.2) is 6.07 Å². The molecule has 0 aliphatic carbocycles. The van der Waals surface area contributed by atoms with E-state index in [9.17, 15) is 4.79 Å². The molecule has 1 amide bonds. The number of halogens is 1. The van der Waals surface area contributed by atoms with Crippen LogP contribution in [0.5, 0.6) is 5.88 Å². The third-order valence-electron chi connectivity index (χ3n) is 3.23. The summed E-state index contributed by atoms with van der Waals surface area (Å²) < 4.78 is 11.1. The van der Waals surface area contributed by atoms with Gasteiger partial charge < -0.3 is 14.4 Å². The molecule has 0 bridgehead atoms. The number of carbonyl (C=O) groups excluding carboxylic acids is 1. The molecule has 122 valence electrons. The molecular formula is C15H22ClN3O3. The lowest BCUT2D eigenvalue weighted by molar-refractivity contribution is 0.0185. The smallest absolute Gasteiger partial charge is 0.410 e. The van der Waals surface area contributed by atoms with Gasteiger partial charge in [-0.2, -0.15) is 4.98 Å². The Morgan fingerprint density at radius 3 is 2.82 bits per heavy atom. The van der Waals surface area contributed by atoms with E-state index in [4.69, 9.17) is 21.1 Å². The Morgan fingerprint density at radius 2 is 2.18 bits per heavy atom. The van der Waals surface area contributed by atoms with E-state index in [2.05, 4.69) is 9.97 Å². The number of likely N-dealkylation sites (tertiary alicyclic amines) is 1. The Labute approximate surface area is 135 Å². The first kappa shape index (κ1) is 16.8. The van der Waals surface area contributed by atoms with E-state index in [1.54, 1.807) is 11.0 Å². The van der Waals surface area contributed by atoms with Gasteiger partial charge in [0.25, 0.3) is 0 Å². The van der Waals surface area contributed by atoms with Gasteiger partial charge in [-0.15, -0.1) is 0 Å². The summed E-state index contributed by atoms with van der Waals surface area (Å²) in [5, 5.41) is 0.158. The summed E-state index contributed by atoms with van der Waals surface area (Å²) in [4.78, 5) is 21.9. The van der Waals surface area contributed by atoms with Gasteiger partial charge in [0.05, 0.1) is 6.04 Å². The first-order valence-electron chi connectivity index (χ1n) is 7.38. The highest BCUT2D eigenvalue weighted by atomic mass is 35.5. The molecule has 2 rings (SSSR count). The van der Waals surface area contributed by atoms with Crippen LogP contribution in [0, 0.1) is 6.92 Å². The van der Waals surface area contributed by atoms with Crippen LogP contribution in [0.4, 0.5) is 4.79 Å². The number of aryl methyl sites for hydroxylation is 1. The van der Waals surface area contributed by atoms with Crippen molar-refractivity contribution >= 4 is 17.7 Å². The standard InChI is InChI=1S/C15H22ClN3O3/c1-10-8-12(18-13(16)17-10)21-9-11-6-5-7-19(11)14(20)22-15(2,3)4/h8,11H,5-7,9H2,1-4H3. The highest BCUT2D eigenvalue weighted by molar-refractivity contribution is 6.28. The van der Waals surface area contributed by atoms with Gasteiger partial charge in [0.2, 0.25) is 11.2 Å². The fourth-order valence-corrected chi connectivity index (χ4v) is 2.55. The van der Waals surface area contributed by atoms with Gasteiger partial charge in [0.15, 0.2) is 0 Å². The number of hydrogen-bond donors (Lipinski definition) is 0. The Morgan fingerprint density at radius 1 is 1.45 bits per heavy atom. The number of carbonyl (C=O) groups is 1. The number of ether oxygens (including phenoxy) is 2. The van der Waals surface area contributed by atoms with Gasteiger partial charge in [0.1, 0.15) is 12.2 Å². The molecule has 0 spiro atoms. The van der Waals surface area contributed by atoms with Gasteiger partial charge >= 0.3 is 6.09 Å². The quantitative estimate of drug-likeness (QED) is 0.797. The van der Waals surface area contributed by atoms with Crippen LogP contribution in [0.25, 0.3) is 0 Å². The monoisotopic (exact) mass is 327 g/mol. The van der Waals surface area contributed by atoms with Crippen molar-refractivity contribution in [3.63, 3.8) is 0 Å². The van der Waals surface area contributed by atoms with E-state index in [-0.39, 0.29) is 17.4 Å². The van der Waals surface area contributed by atoms with Crippen molar-refractivity contribution in [3.8, 4) is 5.88 Å². The predicted octanol–water partition coefficient (Wildman–Crippen LogP) is 3.22. The zero-order valence-corrected chi connectivity index (χ0v) is 14.2. The molecule has 0 aromatic carbocycles. The molecule has 1 saturated heterocycles. The first-order valence-corrected chi connectivity index (χ1v) is 7.76. The largest absolute Gasteiger partial charge is 0.475 e. The molecule has 0 N–H and O–H groups in total. The summed E-state index contributed by atoms with van der Waals surface area (Å²) in [5.74, 6) is 0.425. The summed E-state index contributed by atoms with van der Waals surface area (Å²) in [6.45, 7) is 8.45. The molecule has 1 aliphatic rings. The Balaban J connectivity index is 1.95. The van der Waals surface area contributed by atoms with Crippen LogP contribution < -0.4 is 4.74 Å². The molecule has 0 saturated carbocycles. The minimum Gasteiger partial charge on any atom is -0.475 e. The summed E-state index contributed by atoms with van der Waals surface area (Å²) in [7, 11) is 0. The zero-order valence-electron chi connectivity index (χ0n) is 13.4. The van der Waals surface area contributed by atoms with Crippen molar-refractivity contribution in [1.29, 1.82) is 0 Å². The lowest BCUT2D eigenvalue weighted by Crippen LogP contribution is -2.42. The first-order chi connectivity index (χ1) is 10.2. The molecule has 1 fully saturated rings. The normalized spacial score (nSPS) is 18.4. The van der Waals surface area contributed by atoms with E-state index in [1.807, 2.05) is 27.7 Å². The highest BCUT2D eigenvalue weighted by Gasteiger charge is 2.32. The van der Waals surface area contributed by atoms with Crippen molar-refractivity contribution in [2.75, 3.05) is 13.2 Å². The zero-order chi connectivity index (χ0) is 16.3. The number of hydrogen-bond acceptors (Lipinski definition) is 5. The minimum atomic E-state index is -0.498. The summed E-state index contributed by atoms with van der Waals surface area (Å²) in [6.07, 6.45) is 1.53. The number of aromatic nitrogens is 2. The van der Waals surface area contributed by atoms with Crippen molar-refractivity contribution in [2.24, 2.45) is 0 Å². The summed E-state index contributed by atoms with van der Waals surface area (Å²) in [5.41, 5.74) is 0.243. The molecule has 2 heterocycles. The second-order valence-corrected chi connectivity index (χ2v) is 6.74. The van der Waals surface area contributed by atoms with Gasteiger partial charge in [-0.05, 0) is 52.1 Å². The summed E-state index contributed by atoms with van der Waals surface area (Å²) in [6, 6.07) is 1.71. The third-order valence-corrected chi connectivity index (χ3v) is 3.40. The SMILES string of the molecule is Cc1cc(OCC2CCCN2C(=O)OC(C)(C)C)nc(Cl)n1. The fourth-order valence-electron chi connectivity index (χ4n) is 2.33.